The third-order valence-electron chi connectivity index (χ3n) is 5.89. The summed E-state index contributed by atoms with van der Waals surface area (Å²) >= 11 is 6.07. The Balaban J connectivity index is 1.56. The van der Waals surface area contributed by atoms with Crippen molar-refractivity contribution in [2.75, 3.05) is 18.9 Å². The minimum absolute atomic E-state index is 0.0488. The van der Waals surface area contributed by atoms with Crippen molar-refractivity contribution >= 4 is 29.2 Å². The number of phenols is 1. The summed E-state index contributed by atoms with van der Waals surface area (Å²) in [5.74, 6) is -4.59. The predicted octanol–water partition coefficient (Wildman–Crippen LogP) is 2.77. The van der Waals surface area contributed by atoms with Crippen molar-refractivity contribution in [3.8, 4) is 5.75 Å². The summed E-state index contributed by atoms with van der Waals surface area (Å²) in [6.45, 7) is -0.210. The zero-order chi connectivity index (χ0) is 26.9. The number of aromatic hydroxyl groups is 1. The largest absolute Gasteiger partial charge is 0.505 e. The van der Waals surface area contributed by atoms with Gasteiger partial charge >= 0.3 is 6.18 Å². The third-order valence-corrected chi connectivity index (χ3v) is 6.20. The molecule has 2 aliphatic heterocycles. The fourth-order valence-corrected chi connectivity index (χ4v) is 4.29. The molecule has 2 saturated heterocycles. The van der Waals surface area contributed by atoms with E-state index in [0.717, 1.165) is 18.2 Å². The number of hydrogen-bond donors (Lipinski definition) is 6. The summed E-state index contributed by atoms with van der Waals surface area (Å²) in [5.41, 5.74) is 8.65. The zero-order valence-electron chi connectivity index (χ0n) is 19.2. The molecule has 4 rings (SSSR count). The Morgan fingerprint density at radius 3 is 2.62 bits per heavy atom. The highest BCUT2D eigenvalue weighted by Gasteiger charge is 2.52. The number of carbonyl (C=O) groups is 1. The lowest BCUT2D eigenvalue weighted by Gasteiger charge is -2.22. The van der Waals surface area contributed by atoms with E-state index in [4.69, 9.17) is 11.6 Å². The number of hydrogen-bond acceptors (Lipinski definition) is 7. The first-order chi connectivity index (χ1) is 17.4. The van der Waals surface area contributed by atoms with Crippen LogP contribution < -0.4 is 26.9 Å². The van der Waals surface area contributed by atoms with E-state index in [1.54, 1.807) is 0 Å². The molecule has 0 radical (unpaired) electrons. The van der Waals surface area contributed by atoms with Crippen LogP contribution in [0.1, 0.15) is 18.0 Å². The van der Waals surface area contributed by atoms with E-state index in [1.807, 2.05) is 0 Å². The fourth-order valence-electron chi connectivity index (χ4n) is 4.08. The topological polar surface area (TPSA) is 113 Å². The monoisotopic (exact) mass is 547 g/mol. The van der Waals surface area contributed by atoms with Crippen LogP contribution in [0.15, 0.2) is 41.4 Å². The first kappa shape index (κ1) is 27.0. The molecule has 0 saturated carbocycles. The van der Waals surface area contributed by atoms with Crippen LogP contribution in [0.25, 0.3) is 0 Å². The number of nitrogens with zero attached hydrogens (tertiary/aromatic N) is 2. The van der Waals surface area contributed by atoms with Gasteiger partial charge in [-0.25, -0.2) is 35.1 Å². The van der Waals surface area contributed by atoms with Gasteiger partial charge in [0.2, 0.25) is 11.9 Å². The Bertz CT molecular complexity index is 1200. The number of carbonyl (C=O) groups excluding carboxylic acids is 1. The van der Waals surface area contributed by atoms with E-state index in [1.165, 1.54) is 30.3 Å². The second-order valence-corrected chi connectivity index (χ2v) is 9.06. The van der Waals surface area contributed by atoms with Crippen LogP contribution in [0, 0.1) is 17.6 Å². The Labute approximate surface area is 213 Å². The SMILES string of the molecule is CN1CC(C(=O)N/C(=N/C2CC(c3ccc(O)c(F)c3)NN2)Nc2ccc(F)cc2Cl)C(C(F)(F)F)N1. The second kappa shape index (κ2) is 10.8. The average Bonchev–Trinajstić information content (AvgIpc) is 3.44. The number of amides is 1. The number of benzene rings is 2. The van der Waals surface area contributed by atoms with E-state index in [0.29, 0.717) is 5.56 Å². The van der Waals surface area contributed by atoms with Crippen LogP contribution in [0.4, 0.5) is 27.6 Å². The molecule has 0 bridgehead atoms. The van der Waals surface area contributed by atoms with Gasteiger partial charge in [0, 0.05) is 26.1 Å². The Hall–Kier alpha value is -3.04. The van der Waals surface area contributed by atoms with Crippen molar-refractivity contribution in [2.45, 2.75) is 30.8 Å². The van der Waals surface area contributed by atoms with Crippen LogP contribution in [0.3, 0.4) is 0 Å². The quantitative estimate of drug-likeness (QED) is 0.198. The summed E-state index contributed by atoms with van der Waals surface area (Å²) in [6, 6.07) is 4.75. The van der Waals surface area contributed by atoms with Gasteiger partial charge in [-0.15, -0.1) is 0 Å². The van der Waals surface area contributed by atoms with Gasteiger partial charge in [-0.1, -0.05) is 17.7 Å². The van der Waals surface area contributed by atoms with Crippen LogP contribution in [0.2, 0.25) is 5.02 Å². The van der Waals surface area contributed by atoms with E-state index >= 15 is 0 Å². The van der Waals surface area contributed by atoms with E-state index in [2.05, 4.69) is 31.9 Å². The number of nitrogens with one attached hydrogen (secondary N) is 5. The maximum atomic E-state index is 13.8. The lowest BCUT2D eigenvalue weighted by Crippen LogP contribution is -2.50. The maximum absolute atomic E-state index is 13.8. The summed E-state index contributed by atoms with van der Waals surface area (Å²) in [6.07, 6.45) is -5.14. The van der Waals surface area contributed by atoms with Crippen LogP contribution >= 0.6 is 11.6 Å². The second-order valence-electron chi connectivity index (χ2n) is 8.66. The highest BCUT2D eigenvalue weighted by atomic mass is 35.5. The minimum Gasteiger partial charge on any atom is -0.505 e. The van der Waals surface area contributed by atoms with Gasteiger partial charge in [0.05, 0.1) is 16.6 Å². The Kier molecular flexibility index (Phi) is 7.85. The van der Waals surface area contributed by atoms with Gasteiger partial charge in [0.1, 0.15) is 18.0 Å². The summed E-state index contributed by atoms with van der Waals surface area (Å²) in [4.78, 5) is 17.3. The molecule has 6 N–H and O–H groups in total. The summed E-state index contributed by atoms with van der Waals surface area (Å²) in [7, 11) is 1.39. The molecule has 0 spiro atoms. The standard InChI is InChI=1S/C22H23ClF5N7O2/c1-35-9-12(19(34-35)22(26,27)28)20(37)31-21(29-15-4-3-11(24)7-13(15)23)30-18-8-16(32-33-18)10-2-5-17(36)14(25)6-10/h2-7,12,16,18-19,32-34,36H,8-9H2,1H3,(H2,29,30,31,37). The maximum Gasteiger partial charge on any atom is 0.405 e. The van der Waals surface area contributed by atoms with E-state index < -0.39 is 53.6 Å². The Morgan fingerprint density at radius 1 is 1.19 bits per heavy atom. The number of guanidine groups is 1. The van der Waals surface area contributed by atoms with Gasteiger partial charge < -0.3 is 10.4 Å². The summed E-state index contributed by atoms with van der Waals surface area (Å²) in [5, 5.41) is 15.7. The molecule has 4 unspecified atom stereocenters. The van der Waals surface area contributed by atoms with Crippen molar-refractivity contribution in [1.29, 1.82) is 0 Å². The minimum atomic E-state index is -4.68. The summed E-state index contributed by atoms with van der Waals surface area (Å²) < 4.78 is 67.7. The van der Waals surface area contributed by atoms with E-state index in [9.17, 15) is 31.9 Å². The molecule has 9 nitrogen and oxygen atoms in total. The first-order valence-electron chi connectivity index (χ1n) is 11.0. The van der Waals surface area contributed by atoms with E-state index in [-0.39, 0.29) is 29.6 Å². The molecule has 2 aromatic carbocycles. The molecule has 2 fully saturated rings. The number of hydrazine groups is 2. The normalized spacial score (nSPS) is 24.9. The molecule has 15 heteroatoms. The molecule has 4 atom stereocenters. The van der Waals surface area contributed by atoms with Crippen molar-refractivity contribution in [2.24, 2.45) is 10.9 Å². The smallest absolute Gasteiger partial charge is 0.405 e. The number of anilines is 1. The number of phenolic OH excluding ortho intramolecular Hbond substituents is 1. The van der Waals surface area contributed by atoms with Gasteiger partial charge in [-0.2, -0.15) is 13.2 Å². The zero-order valence-corrected chi connectivity index (χ0v) is 20.0. The van der Waals surface area contributed by atoms with Crippen molar-refractivity contribution in [1.82, 2.24) is 26.6 Å². The van der Waals surface area contributed by atoms with Crippen LogP contribution in [-0.2, 0) is 4.79 Å². The first-order valence-corrected chi connectivity index (χ1v) is 11.4. The molecule has 0 aliphatic carbocycles. The molecule has 2 heterocycles. The lowest BCUT2D eigenvalue weighted by atomic mass is 10.0. The number of rotatable bonds is 4. The number of aliphatic imine (C=N–C) groups is 1. The number of alkyl halides is 3. The average molecular weight is 548 g/mol. The predicted molar refractivity (Wildman–Crippen MR) is 125 cm³/mol. The van der Waals surface area contributed by atoms with Crippen molar-refractivity contribution in [3.63, 3.8) is 0 Å². The van der Waals surface area contributed by atoms with Gasteiger partial charge in [-0.05, 0) is 35.9 Å². The molecule has 1 amide bonds. The van der Waals surface area contributed by atoms with Crippen LogP contribution in [0.5, 0.6) is 5.75 Å². The Morgan fingerprint density at radius 2 is 1.95 bits per heavy atom. The molecule has 2 aromatic rings. The molecule has 37 heavy (non-hydrogen) atoms. The van der Waals surface area contributed by atoms with Gasteiger partial charge in [0.15, 0.2) is 11.6 Å². The molecule has 2 aliphatic rings. The highest BCUT2D eigenvalue weighted by molar-refractivity contribution is 6.33. The molecular formula is C22H23ClF5N7O2. The number of halogens is 6. The molecule has 0 aromatic heterocycles. The molecule has 200 valence electrons. The fraction of sp³-hybridized carbons (Fsp3) is 0.364. The van der Waals surface area contributed by atoms with Gasteiger partial charge in [-0.3, -0.25) is 10.1 Å². The van der Waals surface area contributed by atoms with Crippen molar-refractivity contribution < 1.29 is 31.9 Å². The highest BCUT2D eigenvalue weighted by Crippen LogP contribution is 2.30. The van der Waals surface area contributed by atoms with Gasteiger partial charge in [0.25, 0.3) is 0 Å². The lowest BCUT2D eigenvalue weighted by molar-refractivity contribution is -0.168. The third kappa shape index (κ3) is 6.45. The van der Waals surface area contributed by atoms with Crippen molar-refractivity contribution in [3.05, 3.63) is 58.6 Å². The molecular weight excluding hydrogens is 525 g/mol. The van der Waals surface area contributed by atoms with Crippen LogP contribution in [-0.4, -0.2) is 54.0 Å².